The Balaban J connectivity index is 1.75. The summed E-state index contributed by atoms with van der Waals surface area (Å²) in [6.07, 6.45) is -0.167. The van der Waals surface area contributed by atoms with Crippen LogP contribution in [0, 0.1) is 20.8 Å². The third kappa shape index (κ3) is 5.05. The van der Waals surface area contributed by atoms with E-state index in [0.717, 1.165) is 5.56 Å². The second-order valence-corrected chi connectivity index (χ2v) is 9.40. The normalized spacial score (nSPS) is 11.4. The second kappa shape index (κ2) is 8.39. The van der Waals surface area contributed by atoms with Crippen molar-refractivity contribution in [3.63, 3.8) is 0 Å². The Hall–Kier alpha value is -2.64. The lowest BCUT2D eigenvalue weighted by Crippen LogP contribution is -2.18. The van der Waals surface area contributed by atoms with Crippen molar-refractivity contribution >= 4 is 33.0 Å². The summed E-state index contributed by atoms with van der Waals surface area (Å²) in [6.45, 7) is 5.35. The zero-order chi connectivity index (χ0) is 21.2. The Morgan fingerprint density at radius 3 is 2.48 bits per heavy atom. The van der Waals surface area contributed by atoms with Crippen LogP contribution in [0.1, 0.15) is 23.2 Å². The summed E-state index contributed by atoms with van der Waals surface area (Å²) in [5, 5.41) is 7.05. The lowest BCUT2D eigenvalue weighted by atomic mass is 10.1. The van der Waals surface area contributed by atoms with Gasteiger partial charge in [0.2, 0.25) is 5.91 Å². The zero-order valence-electron chi connectivity index (χ0n) is 16.3. The minimum absolute atomic E-state index is 0.167. The first-order valence-electron chi connectivity index (χ1n) is 8.99. The molecule has 1 amide bonds. The number of rotatable bonds is 6. The molecule has 1 heterocycles. The van der Waals surface area contributed by atoms with Crippen LogP contribution in [0.4, 0.5) is 5.69 Å². The van der Waals surface area contributed by atoms with Gasteiger partial charge in [-0.1, -0.05) is 35.0 Å². The van der Waals surface area contributed by atoms with Crippen molar-refractivity contribution in [2.24, 2.45) is 0 Å². The Morgan fingerprint density at radius 1 is 1.07 bits per heavy atom. The smallest absolute Gasteiger partial charge is 0.225 e. The molecule has 8 heteroatoms. The summed E-state index contributed by atoms with van der Waals surface area (Å²) in [5.74, 6) is -0.204. The van der Waals surface area contributed by atoms with Crippen LogP contribution < -0.4 is 5.32 Å². The highest BCUT2D eigenvalue weighted by molar-refractivity contribution is 7.91. The van der Waals surface area contributed by atoms with Gasteiger partial charge in [0.05, 0.1) is 16.3 Å². The fourth-order valence-corrected chi connectivity index (χ4v) is 4.58. The number of carbonyl (C=O) groups excluding carboxylic acids is 1. The first-order chi connectivity index (χ1) is 13.7. The minimum Gasteiger partial charge on any atom is -0.356 e. The molecular weight excluding hydrogens is 412 g/mol. The maximum absolute atomic E-state index is 12.9. The molecule has 0 aliphatic heterocycles. The largest absolute Gasteiger partial charge is 0.356 e. The van der Waals surface area contributed by atoms with Gasteiger partial charge in [-0.25, -0.2) is 8.42 Å². The SMILES string of the molecule is Cc1cc(-c2ccc(C)c(S(=O)(=O)CCC(=O)Nc3cc(Cl)ccc3C)c2)on1. The average molecular weight is 433 g/mol. The van der Waals surface area contributed by atoms with Crippen molar-refractivity contribution < 1.29 is 17.7 Å². The van der Waals surface area contributed by atoms with Crippen molar-refractivity contribution in [1.29, 1.82) is 0 Å². The molecule has 0 aliphatic rings. The molecule has 0 radical (unpaired) electrons. The Labute approximate surface area is 174 Å². The predicted octanol–water partition coefficient (Wildman–Crippen LogP) is 4.72. The lowest BCUT2D eigenvalue weighted by molar-refractivity contribution is -0.115. The molecule has 152 valence electrons. The standard InChI is InChI=1S/C21H21ClN2O4S/c1-13-5-7-17(22)12-18(13)23-21(25)8-9-29(26,27)20-11-16(6-4-14(20)2)19-10-15(3)24-28-19/h4-7,10-12H,8-9H2,1-3H3,(H,23,25). The molecule has 0 fully saturated rings. The number of nitrogens with zero attached hydrogens (tertiary/aromatic N) is 1. The molecule has 1 N–H and O–H groups in total. The van der Waals surface area contributed by atoms with Crippen LogP contribution in [-0.4, -0.2) is 25.2 Å². The number of halogens is 1. The zero-order valence-corrected chi connectivity index (χ0v) is 17.9. The van der Waals surface area contributed by atoms with E-state index in [1.165, 1.54) is 0 Å². The van der Waals surface area contributed by atoms with Crippen molar-refractivity contribution in [1.82, 2.24) is 5.16 Å². The Morgan fingerprint density at radius 2 is 1.79 bits per heavy atom. The van der Waals surface area contributed by atoms with Crippen LogP contribution >= 0.6 is 11.6 Å². The second-order valence-electron chi connectivity index (χ2n) is 6.89. The van der Waals surface area contributed by atoms with E-state index < -0.39 is 15.7 Å². The monoisotopic (exact) mass is 432 g/mol. The number of hydrogen-bond acceptors (Lipinski definition) is 5. The third-order valence-corrected chi connectivity index (χ3v) is 6.59. The van der Waals surface area contributed by atoms with Crippen molar-refractivity contribution in [3.05, 3.63) is 64.3 Å². The number of hydrogen-bond donors (Lipinski definition) is 1. The highest BCUT2D eigenvalue weighted by atomic mass is 35.5. The van der Waals surface area contributed by atoms with E-state index >= 15 is 0 Å². The molecule has 2 aromatic carbocycles. The van der Waals surface area contributed by atoms with Crippen LogP contribution in [-0.2, 0) is 14.6 Å². The van der Waals surface area contributed by atoms with E-state index in [1.54, 1.807) is 56.3 Å². The van der Waals surface area contributed by atoms with Gasteiger partial charge in [0.1, 0.15) is 0 Å². The fourth-order valence-electron chi connectivity index (χ4n) is 2.87. The van der Waals surface area contributed by atoms with E-state index in [1.807, 2.05) is 6.92 Å². The van der Waals surface area contributed by atoms with Gasteiger partial charge in [0, 0.05) is 28.8 Å². The van der Waals surface area contributed by atoms with E-state index in [-0.39, 0.29) is 17.1 Å². The minimum atomic E-state index is -3.67. The number of aromatic nitrogens is 1. The first-order valence-corrected chi connectivity index (χ1v) is 11.0. The van der Waals surface area contributed by atoms with Crippen molar-refractivity contribution in [2.45, 2.75) is 32.1 Å². The quantitative estimate of drug-likeness (QED) is 0.608. The molecule has 3 aromatic rings. The predicted molar refractivity (Wildman–Crippen MR) is 113 cm³/mol. The summed E-state index contributed by atoms with van der Waals surface area (Å²) in [5.41, 5.74) is 3.35. The number of amides is 1. The molecule has 6 nitrogen and oxygen atoms in total. The molecular formula is C21H21ClN2O4S. The van der Waals surface area contributed by atoms with Crippen LogP contribution in [0.2, 0.25) is 5.02 Å². The summed E-state index contributed by atoms with van der Waals surface area (Å²) < 4.78 is 31.0. The van der Waals surface area contributed by atoms with Gasteiger partial charge in [-0.05, 0) is 50.1 Å². The van der Waals surface area contributed by atoms with Crippen LogP contribution in [0.25, 0.3) is 11.3 Å². The summed E-state index contributed by atoms with van der Waals surface area (Å²) in [4.78, 5) is 12.5. The van der Waals surface area contributed by atoms with Gasteiger partial charge in [-0.15, -0.1) is 0 Å². The number of carbonyl (C=O) groups is 1. The number of benzene rings is 2. The van der Waals surface area contributed by atoms with Gasteiger partial charge in [-0.2, -0.15) is 0 Å². The first kappa shape index (κ1) is 21.1. The van der Waals surface area contributed by atoms with Gasteiger partial charge >= 0.3 is 0 Å². The van der Waals surface area contributed by atoms with E-state index in [0.29, 0.717) is 33.3 Å². The van der Waals surface area contributed by atoms with Gasteiger partial charge < -0.3 is 9.84 Å². The van der Waals surface area contributed by atoms with E-state index in [4.69, 9.17) is 16.1 Å². The van der Waals surface area contributed by atoms with Crippen LogP contribution in [0.5, 0.6) is 0 Å². The Kier molecular flexibility index (Phi) is 6.10. The highest BCUT2D eigenvalue weighted by Gasteiger charge is 2.20. The van der Waals surface area contributed by atoms with Crippen molar-refractivity contribution in [3.8, 4) is 11.3 Å². The molecule has 0 aliphatic carbocycles. The molecule has 3 rings (SSSR count). The Bertz CT molecular complexity index is 1170. The fraction of sp³-hybridized carbons (Fsp3) is 0.238. The summed E-state index contributed by atoms with van der Waals surface area (Å²) in [7, 11) is -3.67. The molecule has 0 atom stereocenters. The van der Waals surface area contributed by atoms with E-state index in [2.05, 4.69) is 10.5 Å². The number of nitrogens with one attached hydrogen (secondary N) is 1. The number of sulfone groups is 1. The molecule has 0 unspecified atom stereocenters. The molecule has 29 heavy (non-hydrogen) atoms. The molecule has 0 saturated heterocycles. The number of aryl methyl sites for hydroxylation is 3. The topological polar surface area (TPSA) is 89.3 Å². The van der Waals surface area contributed by atoms with Gasteiger partial charge in [-0.3, -0.25) is 4.79 Å². The maximum Gasteiger partial charge on any atom is 0.225 e. The summed E-state index contributed by atoms with van der Waals surface area (Å²) >= 11 is 5.95. The molecule has 0 spiro atoms. The summed E-state index contributed by atoms with van der Waals surface area (Å²) in [6, 6.07) is 11.9. The van der Waals surface area contributed by atoms with Gasteiger partial charge in [0.15, 0.2) is 15.6 Å². The van der Waals surface area contributed by atoms with E-state index in [9.17, 15) is 13.2 Å². The highest BCUT2D eigenvalue weighted by Crippen LogP contribution is 2.27. The van der Waals surface area contributed by atoms with Gasteiger partial charge in [0.25, 0.3) is 0 Å². The van der Waals surface area contributed by atoms with Crippen molar-refractivity contribution in [2.75, 3.05) is 11.1 Å². The number of anilines is 1. The van der Waals surface area contributed by atoms with Crippen LogP contribution in [0.3, 0.4) is 0 Å². The lowest BCUT2D eigenvalue weighted by Gasteiger charge is -2.11. The average Bonchev–Trinajstić information content (AvgIpc) is 3.10. The van der Waals surface area contributed by atoms with Crippen LogP contribution in [0.15, 0.2) is 51.9 Å². The molecule has 1 aromatic heterocycles. The molecule has 0 bridgehead atoms. The maximum atomic E-state index is 12.9. The third-order valence-electron chi connectivity index (χ3n) is 4.51. The molecule has 0 saturated carbocycles.